The molecule has 2 aliphatic rings. The minimum absolute atomic E-state index is 0.0985. The van der Waals surface area contributed by atoms with Crippen LogP contribution in [0.5, 0.6) is 0 Å². The Morgan fingerprint density at radius 3 is 1.86 bits per heavy atom. The summed E-state index contributed by atoms with van der Waals surface area (Å²) in [6.45, 7) is 23.4. The van der Waals surface area contributed by atoms with E-state index in [1.165, 1.54) is 0 Å². The first-order valence-corrected chi connectivity index (χ1v) is 16.2. The summed E-state index contributed by atoms with van der Waals surface area (Å²) in [5, 5.41) is 0.245. The highest BCUT2D eigenvalue weighted by molar-refractivity contribution is 6.74. The van der Waals surface area contributed by atoms with Gasteiger partial charge in [0, 0.05) is 7.11 Å². The molecule has 28 heavy (non-hydrogen) atoms. The van der Waals surface area contributed by atoms with Crippen molar-refractivity contribution in [3.63, 3.8) is 0 Å². The number of fused-ring (bicyclic) bond motifs is 1. The first-order valence-electron chi connectivity index (χ1n) is 10.4. The van der Waals surface area contributed by atoms with Crippen LogP contribution in [0.3, 0.4) is 0 Å². The zero-order chi connectivity index (χ0) is 21.5. The van der Waals surface area contributed by atoms with E-state index < -0.39 is 29.2 Å². The van der Waals surface area contributed by atoms with Crippen molar-refractivity contribution in [3.8, 4) is 0 Å². The second-order valence-electron chi connectivity index (χ2n) is 11.1. The average Bonchev–Trinajstić information content (AvgIpc) is 3.02. The van der Waals surface area contributed by atoms with E-state index in [-0.39, 0.29) is 28.4 Å². The molecule has 0 saturated carbocycles. The lowest BCUT2D eigenvalue weighted by Gasteiger charge is -2.41. The van der Waals surface area contributed by atoms with Gasteiger partial charge in [-0.3, -0.25) is 0 Å². The third-order valence-electron chi connectivity index (χ3n) is 6.82. The van der Waals surface area contributed by atoms with Crippen LogP contribution in [-0.2, 0) is 27.8 Å². The molecular weight excluding hydrogens is 392 g/mol. The van der Waals surface area contributed by atoms with Crippen molar-refractivity contribution in [3.05, 3.63) is 0 Å². The molecule has 2 fully saturated rings. The van der Waals surface area contributed by atoms with Crippen molar-refractivity contribution in [1.29, 1.82) is 0 Å². The Balaban J connectivity index is 2.15. The van der Waals surface area contributed by atoms with Gasteiger partial charge in [0.1, 0.15) is 18.3 Å². The maximum absolute atomic E-state index is 6.77. The molecule has 2 heterocycles. The Morgan fingerprint density at radius 2 is 1.36 bits per heavy atom. The molecule has 0 amide bonds. The topological polar surface area (TPSA) is 55.4 Å². The van der Waals surface area contributed by atoms with Gasteiger partial charge in [-0.25, -0.2) is 0 Å². The standard InChI is InChI=1S/C20H42O6Si2/c1-19(2,3)27(8,9)22-12-14-16(26-28(10,11)20(4,5)6)17-18(23-14)25-15(24-17)13-21-7/h14-18H,12-13H2,1-11H3/t14-,15?,16-,17-,18-/m1/s1. The van der Waals surface area contributed by atoms with Crippen molar-refractivity contribution in [2.45, 2.75) is 109 Å². The van der Waals surface area contributed by atoms with E-state index in [1.54, 1.807) is 7.11 Å². The molecule has 166 valence electrons. The Hall–Kier alpha value is 0.194. The van der Waals surface area contributed by atoms with Crippen LogP contribution < -0.4 is 0 Å². The lowest BCUT2D eigenvalue weighted by atomic mass is 10.1. The highest BCUT2D eigenvalue weighted by Gasteiger charge is 2.56. The Bertz CT molecular complexity index is 526. The van der Waals surface area contributed by atoms with Crippen molar-refractivity contribution in [2.75, 3.05) is 20.3 Å². The molecule has 0 aliphatic carbocycles. The maximum atomic E-state index is 6.77. The van der Waals surface area contributed by atoms with Gasteiger partial charge in [0.2, 0.25) is 0 Å². The molecule has 8 heteroatoms. The van der Waals surface area contributed by atoms with Crippen LogP contribution >= 0.6 is 0 Å². The summed E-state index contributed by atoms with van der Waals surface area (Å²) in [6.07, 6.45) is -1.47. The molecule has 6 nitrogen and oxygen atoms in total. The van der Waals surface area contributed by atoms with Crippen molar-refractivity contribution < 1.29 is 27.8 Å². The van der Waals surface area contributed by atoms with Crippen molar-refractivity contribution in [2.24, 2.45) is 0 Å². The number of methoxy groups -OCH3 is 1. The summed E-state index contributed by atoms with van der Waals surface area (Å²) >= 11 is 0. The largest absolute Gasteiger partial charge is 0.414 e. The van der Waals surface area contributed by atoms with Crippen LogP contribution in [0.4, 0.5) is 0 Å². The van der Waals surface area contributed by atoms with Gasteiger partial charge in [0.15, 0.2) is 29.2 Å². The summed E-state index contributed by atoms with van der Waals surface area (Å²) in [4.78, 5) is 0. The minimum atomic E-state index is -2.01. The van der Waals surface area contributed by atoms with Gasteiger partial charge in [-0.05, 0) is 36.3 Å². The van der Waals surface area contributed by atoms with Crippen LogP contribution in [0.15, 0.2) is 0 Å². The fourth-order valence-electron chi connectivity index (χ4n) is 2.82. The molecule has 2 rings (SSSR count). The van der Waals surface area contributed by atoms with Crippen LogP contribution in [0.2, 0.25) is 36.3 Å². The molecular formula is C20H42O6Si2. The second-order valence-corrected chi connectivity index (χ2v) is 20.6. The third-order valence-corrected chi connectivity index (χ3v) is 15.8. The third kappa shape index (κ3) is 5.27. The number of hydrogen-bond donors (Lipinski definition) is 0. The average molecular weight is 435 g/mol. The van der Waals surface area contributed by atoms with Crippen LogP contribution in [0.1, 0.15) is 41.5 Å². The zero-order valence-corrected chi connectivity index (χ0v) is 21.8. The van der Waals surface area contributed by atoms with Crippen LogP contribution in [-0.4, -0.2) is 67.9 Å². The predicted octanol–water partition coefficient (Wildman–Crippen LogP) is 4.51. The van der Waals surface area contributed by atoms with E-state index in [0.29, 0.717) is 13.2 Å². The highest BCUT2D eigenvalue weighted by Crippen LogP contribution is 2.43. The normalized spacial score (nSPS) is 32.0. The molecule has 0 aromatic rings. The molecule has 0 aromatic carbocycles. The summed E-state index contributed by atoms with van der Waals surface area (Å²) in [5.41, 5.74) is 0. The fourth-order valence-corrected chi connectivity index (χ4v) is 5.15. The number of rotatable bonds is 7. The van der Waals surface area contributed by atoms with E-state index >= 15 is 0 Å². The van der Waals surface area contributed by atoms with E-state index in [4.69, 9.17) is 27.8 Å². The molecule has 2 saturated heterocycles. The molecule has 0 radical (unpaired) electrons. The van der Waals surface area contributed by atoms with E-state index in [9.17, 15) is 0 Å². The molecule has 5 atom stereocenters. The predicted molar refractivity (Wildman–Crippen MR) is 116 cm³/mol. The smallest absolute Gasteiger partial charge is 0.192 e. The monoisotopic (exact) mass is 434 g/mol. The SMILES string of the molecule is COCC1O[C@H]2O[C@H](CO[Si](C)(C)C(C)(C)C)[C@@H](O[Si](C)(C)C(C)(C)C)[C@H]2O1. The quantitative estimate of drug-likeness (QED) is 0.550. The van der Waals surface area contributed by atoms with E-state index in [0.717, 1.165) is 0 Å². The van der Waals surface area contributed by atoms with Gasteiger partial charge in [0.25, 0.3) is 0 Å². The number of hydrogen-bond acceptors (Lipinski definition) is 6. The Labute approximate surface area is 173 Å². The molecule has 1 unspecified atom stereocenters. The molecule has 0 bridgehead atoms. The minimum Gasteiger partial charge on any atom is -0.414 e. The lowest BCUT2D eigenvalue weighted by Crippen LogP contribution is -2.51. The Morgan fingerprint density at radius 1 is 0.786 bits per heavy atom. The fraction of sp³-hybridized carbons (Fsp3) is 1.00. The Kier molecular flexibility index (Phi) is 7.32. The van der Waals surface area contributed by atoms with Gasteiger partial charge in [-0.2, -0.15) is 0 Å². The number of ether oxygens (including phenoxy) is 4. The van der Waals surface area contributed by atoms with Crippen molar-refractivity contribution in [1.82, 2.24) is 0 Å². The molecule has 2 aliphatic heterocycles. The van der Waals surface area contributed by atoms with Gasteiger partial charge < -0.3 is 27.8 Å². The van der Waals surface area contributed by atoms with Crippen LogP contribution in [0, 0.1) is 0 Å². The zero-order valence-electron chi connectivity index (χ0n) is 19.8. The van der Waals surface area contributed by atoms with Gasteiger partial charge >= 0.3 is 0 Å². The van der Waals surface area contributed by atoms with Crippen molar-refractivity contribution >= 4 is 16.6 Å². The van der Waals surface area contributed by atoms with E-state index in [2.05, 4.69) is 67.7 Å². The summed E-state index contributed by atoms with van der Waals surface area (Å²) in [6, 6.07) is 0. The lowest BCUT2D eigenvalue weighted by molar-refractivity contribution is -0.185. The van der Waals surface area contributed by atoms with Gasteiger partial charge in [-0.15, -0.1) is 0 Å². The summed E-state index contributed by atoms with van der Waals surface area (Å²) in [7, 11) is -2.26. The highest BCUT2D eigenvalue weighted by atomic mass is 28.4. The van der Waals surface area contributed by atoms with Crippen LogP contribution in [0.25, 0.3) is 0 Å². The summed E-state index contributed by atoms with van der Waals surface area (Å²) in [5.74, 6) is 0. The van der Waals surface area contributed by atoms with Gasteiger partial charge in [-0.1, -0.05) is 41.5 Å². The molecule has 0 aromatic heterocycles. The summed E-state index contributed by atoms with van der Waals surface area (Å²) < 4.78 is 36.7. The van der Waals surface area contributed by atoms with E-state index in [1.807, 2.05) is 0 Å². The maximum Gasteiger partial charge on any atom is 0.192 e. The molecule has 0 spiro atoms. The first-order chi connectivity index (χ1) is 12.6. The first kappa shape index (κ1) is 24.5. The van der Waals surface area contributed by atoms with Gasteiger partial charge in [0.05, 0.1) is 13.2 Å². The molecule has 0 N–H and O–H groups in total. The second kappa shape index (κ2) is 8.38.